The predicted octanol–water partition coefficient (Wildman–Crippen LogP) is 10.3. The van der Waals surface area contributed by atoms with Crippen LogP contribution in [0.15, 0.2) is 36.5 Å². The summed E-state index contributed by atoms with van der Waals surface area (Å²) >= 11 is 0. The predicted molar refractivity (Wildman–Crippen MR) is 204 cm³/mol. The van der Waals surface area contributed by atoms with Crippen molar-refractivity contribution in [1.29, 1.82) is 0 Å². The molecule has 0 rings (SSSR count). The first-order valence-corrected chi connectivity index (χ1v) is 21.4. The summed E-state index contributed by atoms with van der Waals surface area (Å²) in [7, 11) is -4.45. The van der Waals surface area contributed by atoms with Crippen LogP contribution in [0.25, 0.3) is 0 Å². The van der Waals surface area contributed by atoms with E-state index in [1.165, 1.54) is 115 Å². The van der Waals surface area contributed by atoms with Crippen molar-refractivity contribution in [3.63, 3.8) is 0 Å². The van der Waals surface area contributed by atoms with Crippen molar-refractivity contribution in [2.75, 3.05) is 5.75 Å². The fraction of sp³-hybridized carbons (Fsp3) is 0.825. The molecule has 0 aromatic carbocycles. The van der Waals surface area contributed by atoms with Crippen molar-refractivity contribution in [2.24, 2.45) is 0 Å². The number of aliphatic hydroxyl groups excluding tert-OH is 2. The highest BCUT2D eigenvalue weighted by molar-refractivity contribution is 7.85. The number of nitrogens with one attached hydrogen (secondary N) is 1. The van der Waals surface area contributed by atoms with Gasteiger partial charge in [0.05, 0.1) is 17.9 Å². The molecule has 8 heteroatoms. The van der Waals surface area contributed by atoms with Crippen molar-refractivity contribution in [3.8, 4) is 0 Å². The molecule has 3 unspecified atom stereocenters. The highest BCUT2D eigenvalue weighted by Gasteiger charge is 2.27. The Morgan fingerprint density at radius 3 is 1.38 bits per heavy atom. The van der Waals surface area contributed by atoms with Gasteiger partial charge in [0, 0.05) is 0 Å². The second-order valence-corrected chi connectivity index (χ2v) is 15.2. The summed E-state index contributed by atoms with van der Waals surface area (Å²) in [5, 5.41) is 23.3. The molecule has 282 valence electrons. The molecule has 0 aromatic rings. The maximum absolute atomic E-state index is 12.5. The number of carbonyl (C=O) groups excluding carboxylic acids is 1. The average Bonchev–Trinajstić information content (AvgIpc) is 3.05. The third kappa shape index (κ3) is 33.0. The highest BCUT2D eigenvalue weighted by Crippen LogP contribution is 2.14. The van der Waals surface area contributed by atoms with Crippen LogP contribution in [0.2, 0.25) is 0 Å². The van der Waals surface area contributed by atoms with E-state index in [-0.39, 0.29) is 6.42 Å². The molecular weight excluding hydrogens is 623 g/mol. The number of amides is 1. The molecule has 0 saturated heterocycles. The van der Waals surface area contributed by atoms with E-state index in [9.17, 15) is 28.0 Å². The molecule has 0 aliphatic rings. The Hall–Kier alpha value is -1.48. The van der Waals surface area contributed by atoms with Gasteiger partial charge in [-0.15, -0.1) is 0 Å². The van der Waals surface area contributed by atoms with E-state index >= 15 is 0 Å². The first kappa shape index (κ1) is 46.5. The van der Waals surface area contributed by atoms with Crippen LogP contribution >= 0.6 is 0 Å². The molecule has 48 heavy (non-hydrogen) atoms. The van der Waals surface area contributed by atoms with E-state index in [0.717, 1.165) is 44.9 Å². The molecule has 0 aromatic heterocycles. The quantitative estimate of drug-likeness (QED) is 0.0297. The lowest BCUT2D eigenvalue weighted by Crippen LogP contribution is -2.50. The van der Waals surface area contributed by atoms with E-state index in [4.69, 9.17) is 0 Å². The van der Waals surface area contributed by atoms with Crippen molar-refractivity contribution >= 4 is 16.0 Å². The van der Waals surface area contributed by atoms with Crippen molar-refractivity contribution in [2.45, 2.75) is 205 Å². The minimum atomic E-state index is -4.45. The lowest BCUT2D eigenvalue weighted by molar-refractivity contribution is -0.130. The van der Waals surface area contributed by atoms with Gasteiger partial charge < -0.3 is 15.5 Å². The molecule has 7 nitrogen and oxygen atoms in total. The third-order valence-electron chi connectivity index (χ3n) is 8.90. The molecule has 1 amide bonds. The minimum Gasteiger partial charge on any atom is -0.387 e. The second kappa shape index (κ2) is 34.0. The molecule has 0 aliphatic heterocycles. The molecule has 0 fully saturated rings. The van der Waals surface area contributed by atoms with Crippen LogP contribution in [0.3, 0.4) is 0 Å². The summed E-state index contributed by atoms with van der Waals surface area (Å²) in [6.07, 6.45) is 40.6. The molecule has 0 heterocycles. The van der Waals surface area contributed by atoms with Crippen molar-refractivity contribution < 1.29 is 28.0 Å². The van der Waals surface area contributed by atoms with Crippen LogP contribution in [0, 0.1) is 0 Å². The van der Waals surface area contributed by atoms with E-state index < -0.39 is 40.0 Å². The van der Waals surface area contributed by atoms with E-state index in [2.05, 4.69) is 43.5 Å². The number of rotatable bonds is 35. The lowest BCUT2D eigenvalue weighted by atomic mass is 10.0. The highest BCUT2D eigenvalue weighted by atomic mass is 32.2. The zero-order valence-electron chi connectivity index (χ0n) is 31.0. The first-order chi connectivity index (χ1) is 23.2. The van der Waals surface area contributed by atoms with Crippen molar-refractivity contribution in [1.82, 2.24) is 5.32 Å². The van der Waals surface area contributed by atoms with E-state index in [1.807, 2.05) is 0 Å². The first-order valence-electron chi connectivity index (χ1n) is 19.8. The normalized spacial score (nSPS) is 14.4. The Bertz CT molecular complexity index is 917. The van der Waals surface area contributed by atoms with Crippen LogP contribution in [0.1, 0.15) is 187 Å². The molecule has 0 radical (unpaired) electrons. The van der Waals surface area contributed by atoms with Crippen LogP contribution in [0.4, 0.5) is 0 Å². The Morgan fingerprint density at radius 2 is 0.938 bits per heavy atom. The van der Waals surface area contributed by atoms with Gasteiger partial charge in [-0.2, -0.15) is 8.42 Å². The number of hydrogen-bond acceptors (Lipinski definition) is 5. The summed E-state index contributed by atoms with van der Waals surface area (Å²) in [6, 6.07) is -1.25. The number of unbranched alkanes of at least 4 members (excludes halogenated alkanes) is 22. The van der Waals surface area contributed by atoms with Gasteiger partial charge in [0.25, 0.3) is 10.1 Å². The number of carbonyl (C=O) groups is 1. The van der Waals surface area contributed by atoms with Crippen LogP contribution in [-0.2, 0) is 14.9 Å². The fourth-order valence-electron chi connectivity index (χ4n) is 5.84. The summed E-state index contributed by atoms with van der Waals surface area (Å²) in [6.45, 7) is 4.49. The van der Waals surface area contributed by atoms with Gasteiger partial charge in [0.2, 0.25) is 5.91 Å². The number of aliphatic hydroxyl groups is 2. The minimum absolute atomic E-state index is 0.273. The molecule has 0 bridgehead atoms. The lowest BCUT2D eigenvalue weighted by Gasteiger charge is -2.22. The zero-order valence-corrected chi connectivity index (χ0v) is 31.8. The molecular formula is C40H75NO6S. The van der Waals surface area contributed by atoms with Gasteiger partial charge in [-0.3, -0.25) is 9.35 Å². The summed E-state index contributed by atoms with van der Waals surface area (Å²) in [5.74, 6) is -1.56. The molecule has 0 spiro atoms. The Morgan fingerprint density at radius 1 is 0.562 bits per heavy atom. The average molecular weight is 698 g/mol. The Kier molecular flexibility index (Phi) is 32.9. The molecule has 4 N–H and O–H groups in total. The second-order valence-electron chi connectivity index (χ2n) is 13.7. The largest absolute Gasteiger partial charge is 0.387 e. The standard InChI is InChI=1S/C40H75NO6S/c1-3-5-7-9-11-13-15-17-18-19-20-21-23-24-26-28-30-32-34-38(42)37(36-48(45,46)47)41-40(44)39(43)35-33-31-29-27-25-22-16-14-12-10-8-6-4-2/h19-20,24,26,32,34,37-39,42-43H,3-18,21-23,25,27-31,33,35-36H2,1-2H3,(H,41,44)(H,45,46,47)/b20-19+,26-24+,34-32+. The third-order valence-corrected chi connectivity index (χ3v) is 9.69. The maximum Gasteiger partial charge on any atom is 0.267 e. The van der Waals surface area contributed by atoms with Crippen LogP contribution in [-0.4, -0.2) is 53.1 Å². The van der Waals surface area contributed by atoms with E-state index in [1.54, 1.807) is 6.08 Å². The van der Waals surface area contributed by atoms with Gasteiger partial charge in [0.15, 0.2) is 0 Å². The van der Waals surface area contributed by atoms with Gasteiger partial charge in [-0.05, 0) is 44.9 Å². The smallest absolute Gasteiger partial charge is 0.267 e. The van der Waals surface area contributed by atoms with Gasteiger partial charge in [-0.25, -0.2) is 0 Å². The Labute approximate surface area is 296 Å². The van der Waals surface area contributed by atoms with Gasteiger partial charge >= 0.3 is 0 Å². The number of allylic oxidation sites excluding steroid dienone is 5. The topological polar surface area (TPSA) is 124 Å². The van der Waals surface area contributed by atoms with Crippen molar-refractivity contribution in [3.05, 3.63) is 36.5 Å². The summed E-state index contributed by atoms with van der Waals surface area (Å²) in [5.41, 5.74) is 0. The zero-order chi connectivity index (χ0) is 35.6. The van der Waals surface area contributed by atoms with Crippen LogP contribution in [0.5, 0.6) is 0 Å². The van der Waals surface area contributed by atoms with E-state index in [0.29, 0.717) is 12.8 Å². The molecule has 0 saturated carbocycles. The summed E-state index contributed by atoms with van der Waals surface area (Å²) in [4.78, 5) is 12.5. The maximum atomic E-state index is 12.5. The molecule has 3 atom stereocenters. The fourth-order valence-corrected chi connectivity index (χ4v) is 6.57. The van der Waals surface area contributed by atoms with Gasteiger partial charge in [0.1, 0.15) is 6.10 Å². The van der Waals surface area contributed by atoms with Crippen LogP contribution < -0.4 is 5.32 Å². The monoisotopic (exact) mass is 698 g/mol. The summed E-state index contributed by atoms with van der Waals surface area (Å²) < 4.78 is 32.4. The van der Waals surface area contributed by atoms with Gasteiger partial charge in [-0.1, -0.05) is 179 Å². The number of hydrogen-bond donors (Lipinski definition) is 4. The Balaban J connectivity index is 4.15. The molecule has 0 aliphatic carbocycles. The SMILES string of the molecule is CCCCCCCCCC/C=C/CC/C=C/CC/C=C/C(O)C(CS(=O)(=O)O)NC(=O)C(O)CCCCCCCCCCCCCCC.